The first-order valence-electron chi connectivity index (χ1n) is 8.87. The highest BCUT2D eigenvalue weighted by molar-refractivity contribution is 9.10. The van der Waals surface area contributed by atoms with Gasteiger partial charge >= 0.3 is 5.97 Å². The maximum Gasteiger partial charge on any atom is 0.337 e. The van der Waals surface area contributed by atoms with Crippen molar-refractivity contribution < 1.29 is 19.1 Å². The molecule has 6 nitrogen and oxygen atoms in total. The van der Waals surface area contributed by atoms with Crippen LogP contribution in [0.4, 0.5) is 5.69 Å². The SMILES string of the molecule is CN(C1=NC(=O)/C(=C\c2ccc(-c3ccc(Br)cc3)o2)S1)c1ccccc1C(=O)O. The van der Waals surface area contributed by atoms with Crippen LogP contribution in [0.5, 0.6) is 0 Å². The van der Waals surface area contributed by atoms with Crippen LogP contribution >= 0.6 is 27.7 Å². The lowest BCUT2D eigenvalue weighted by Gasteiger charge is -2.19. The quantitative estimate of drug-likeness (QED) is 0.493. The molecule has 1 aliphatic heterocycles. The van der Waals surface area contributed by atoms with Crippen molar-refractivity contribution in [2.75, 3.05) is 11.9 Å². The van der Waals surface area contributed by atoms with E-state index in [4.69, 9.17) is 4.42 Å². The topological polar surface area (TPSA) is 83.1 Å². The lowest BCUT2D eigenvalue weighted by Crippen LogP contribution is -2.24. The molecule has 3 aromatic rings. The monoisotopic (exact) mass is 482 g/mol. The van der Waals surface area contributed by atoms with E-state index < -0.39 is 11.9 Å². The number of hydrogen-bond donors (Lipinski definition) is 1. The maximum atomic E-state index is 12.4. The van der Waals surface area contributed by atoms with Crippen LogP contribution in [-0.4, -0.2) is 29.2 Å². The minimum atomic E-state index is -1.04. The molecule has 0 atom stereocenters. The molecule has 0 saturated heterocycles. The lowest BCUT2D eigenvalue weighted by atomic mass is 10.1. The van der Waals surface area contributed by atoms with Gasteiger partial charge in [-0.3, -0.25) is 4.79 Å². The van der Waals surface area contributed by atoms with Crippen molar-refractivity contribution in [1.29, 1.82) is 0 Å². The van der Waals surface area contributed by atoms with E-state index in [2.05, 4.69) is 20.9 Å². The summed E-state index contributed by atoms with van der Waals surface area (Å²) in [5.41, 5.74) is 1.52. The summed E-state index contributed by atoms with van der Waals surface area (Å²) in [6, 6.07) is 17.9. The molecule has 150 valence electrons. The third-order valence-corrected chi connectivity index (χ3v) is 6.01. The smallest absolute Gasteiger partial charge is 0.337 e. The van der Waals surface area contributed by atoms with Crippen molar-refractivity contribution in [3.8, 4) is 11.3 Å². The number of amidine groups is 1. The van der Waals surface area contributed by atoms with E-state index >= 15 is 0 Å². The fraction of sp³-hybridized carbons (Fsp3) is 0.0455. The van der Waals surface area contributed by atoms with Gasteiger partial charge in [-0.05, 0) is 48.2 Å². The number of rotatable bonds is 4. The molecule has 0 bridgehead atoms. The van der Waals surface area contributed by atoms with Crippen molar-refractivity contribution in [2.45, 2.75) is 0 Å². The highest BCUT2D eigenvalue weighted by atomic mass is 79.9. The Bertz CT molecular complexity index is 1200. The van der Waals surface area contributed by atoms with Gasteiger partial charge in [-0.25, -0.2) is 4.79 Å². The average molecular weight is 483 g/mol. The summed E-state index contributed by atoms with van der Waals surface area (Å²) in [7, 11) is 1.68. The number of aliphatic imine (C=N–C) groups is 1. The molecule has 8 heteroatoms. The Morgan fingerprint density at radius 3 is 2.60 bits per heavy atom. The summed E-state index contributed by atoms with van der Waals surface area (Å²) < 4.78 is 6.83. The largest absolute Gasteiger partial charge is 0.478 e. The molecular weight excluding hydrogens is 468 g/mol. The summed E-state index contributed by atoms with van der Waals surface area (Å²) in [6.07, 6.45) is 1.64. The second-order valence-corrected chi connectivity index (χ2v) is 8.33. The van der Waals surface area contributed by atoms with Crippen LogP contribution in [0, 0.1) is 0 Å². The number of amides is 1. The number of halogens is 1. The number of benzene rings is 2. The molecule has 0 spiro atoms. The van der Waals surface area contributed by atoms with Crippen molar-refractivity contribution in [3.63, 3.8) is 0 Å². The number of carbonyl (C=O) groups is 2. The number of para-hydroxylation sites is 1. The summed E-state index contributed by atoms with van der Waals surface area (Å²) in [4.78, 5) is 30.0. The zero-order valence-electron chi connectivity index (χ0n) is 15.7. The van der Waals surface area contributed by atoms with Gasteiger partial charge in [0.05, 0.1) is 16.2 Å². The molecule has 1 aromatic heterocycles. The molecule has 0 radical (unpaired) electrons. The highest BCUT2D eigenvalue weighted by Crippen LogP contribution is 2.34. The zero-order valence-corrected chi connectivity index (χ0v) is 18.1. The van der Waals surface area contributed by atoms with Crippen LogP contribution in [0.15, 0.2) is 79.5 Å². The fourth-order valence-corrected chi connectivity index (χ4v) is 4.05. The molecule has 0 fully saturated rings. The van der Waals surface area contributed by atoms with Gasteiger partial charge in [-0.15, -0.1) is 0 Å². The van der Waals surface area contributed by atoms with Crippen molar-refractivity contribution in [3.05, 3.63) is 81.4 Å². The minimum Gasteiger partial charge on any atom is -0.478 e. The van der Waals surface area contributed by atoms with Gasteiger partial charge in [0.2, 0.25) is 0 Å². The predicted molar refractivity (Wildman–Crippen MR) is 122 cm³/mol. The molecule has 0 saturated carbocycles. The Kier molecular flexibility index (Phi) is 5.61. The first-order chi connectivity index (χ1) is 14.4. The molecule has 1 N–H and O–H groups in total. The number of anilines is 1. The number of carboxylic acid groups (broad SMARTS) is 1. The molecule has 1 aliphatic rings. The molecule has 1 amide bonds. The molecule has 4 rings (SSSR count). The standard InChI is InChI=1S/C22H15BrN2O4S/c1-25(17-5-3-2-4-16(17)21(27)28)22-24-20(26)19(30-22)12-15-10-11-18(29-15)13-6-8-14(23)9-7-13/h2-12H,1H3,(H,27,28)/b19-12+. The van der Waals surface area contributed by atoms with Gasteiger partial charge in [0, 0.05) is 23.2 Å². The molecule has 0 aliphatic carbocycles. The van der Waals surface area contributed by atoms with Crippen LogP contribution in [0.3, 0.4) is 0 Å². The van der Waals surface area contributed by atoms with E-state index in [1.807, 2.05) is 30.3 Å². The van der Waals surface area contributed by atoms with Gasteiger partial charge in [0.1, 0.15) is 11.5 Å². The maximum absolute atomic E-state index is 12.4. The Morgan fingerprint density at radius 2 is 1.87 bits per heavy atom. The summed E-state index contributed by atoms with van der Waals surface area (Å²) in [5, 5.41) is 9.80. The van der Waals surface area contributed by atoms with Crippen LogP contribution in [0.25, 0.3) is 17.4 Å². The van der Waals surface area contributed by atoms with Crippen LogP contribution in [0.2, 0.25) is 0 Å². The molecular formula is C22H15BrN2O4S. The van der Waals surface area contributed by atoms with E-state index in [9.17, 15) is 14.7 Å². The third-order valence-electron chi connectivity index (χ3n) is 4.42. The van der Waals surface area contributed by atoms with Crippen molar-refractivity contribution >= 4 is 56.5 Å². The molecule has 0 unspecified atom stereocenters. The third kappa shape index (κ3) is 4.10. The van der Waals surface area contributed by atoms with E-state index in [0.717, 1.165) is 10.0 Å². The summed E-state index contributed by atoms with van der Waals surface area (Å²) in [5.74, 6) is -0.206. The number of nitrogens with zero attached hydrogens (tertiary/aromatic N) is 2. The summed E-state index contributed by atoms with van der Waals surface area (Å²) >= 11 is 4.58. The Balaban J connectivity index is 1.55. The van der Waals surface area contributed by atoms with E-state index in [1.54, 1.807) is 42.3 Å². The molecule has 30 heavy (non-hydrogen) atoms. The minimum absolute atomic E-state index is 0.137. The van der Waals surface area contributed by atoms with Crippen LogP contribution in [-0.2, 0) is 4.79 Å². The van der Waals surface area contributed by atoms with E-state index in [-0.39, 0.29) is 5.56 Å². The fourth-order valence-electron chi connectivity index (χ4n) is 2.92. The number of carboxylic acids is 1. The van der Waals surface area contributed by atoms with Gasteiger partial charge in [-0.2, -0.15) is 4.99 Å². The van der Waals surface area contributed by atoms with Crippen molar-refractivity contribution in [2.24, 2.45) is 4.99 Å². The van der Waals surface area contributed by atoms with Crippen molar-refractivity contribution in [1.82, 2.24) is 0 Å². The normalized spacial score (nSPS) is 14.8. The lowest BCUT2D eigenvalue weighted by molar-refractivity contribution is -0.113. The van der Waals surface area contributed by atoms with E-state index in [0.29, 0.717) is 27.3 Å². The predicted octanol–water partition coefficient (Wildman–Crippen LogP) is 5.51. The van der Waals surface area contributed by atoms with Crippen LogP contribution in [0.1, 0.15) is 16.1 Å². The Morgan fingerprint density at radius 1 is 1.13 bits per heavy atom. The number of aromatic carboxylic acids is 1. The zero-order chi connectivity index (χ0) is 21.3. The number of hydrogen-bond acceptors (Lipinski definition) is 5. The second kappa shape index (κ2) is 8.33. The first kappa shape index (κ1) is 20.2. The Hall–Kier alpha value is -3.10. The molecule has 2 heterocycles. The van der Waals surface area contributed by atoms with E-state index in [1.165, 1.54) is 17.8 Å². The number of furan rings is 1. The first-order valence-corrected chi connectivity index (χ1v) is 10.5. The van der Waals surface area contributed by atoms with Gasteiger partial charge in [0.15, 0.2) is 5.17 Å². The Labute approximate surface area is 185 Å². The molecule has 2 aromatic carbocycles. The highest BCUT2D eigenvalue weighted by Gasteiger charge is 2.27. The number of carbonyl (C=O) groups excluding carboxylic acids is 1. The summed E-state index contributed by atoms with van der Waals surface area (Å²) in [6.45, 7) is 0. The van der Waals surface area contributed by atoms with Gasteiger partial charge < -0.3 is 14.4 Å². The average Bonchev–Trinajstić information content (AvgIpc) is 3.35. The number of thioether (sulfide) groups is 1. The van der Waals surface area contributed by atoms with Crippen LogP contribution < -0.4 is 4.90 Å². The van der Waals surface area contributed by atoms with Gasteiger partial charge in [-0.1, -0.05) is 40.2 Å². The second-order valence-electron chi connectivity index (χ2n) is 6.40. The van der Waals surface area contributed by atoms with Gasteiger partial charge in [0.25, 0.3) is 5.91 Å².